The molecular formula is C47H94N4O2. The minimum absolute atomic E-state index is 0.371. The number of quaternary nitrogens is 1. The summed E-state index contributed by atoms with van der Waals surface area (Å²) in [6, 6.07) is 0. The van der Waals surface area contributed by atoms with Crippen LogP contribution in [0.5, 0.6) is 0 Å². The van der Waals surface area contributed by atoms with Crippen LogP contribution in [-0.4, -0.2) is 105 Å². The van der Waals surface area contributed by atoms with Crippen molar-refractivity contribution in [3.63, 3.8) is 0 Å². The summed E-state index contributed by atoms with van der Waals surface area (Å²) in [5.41, 5.74) is 0. The number of carbonyl (C=O) groups excluding carboxylic acids is 1. The number of likely N-dealkylation sites (N-methyl/N-ethyl adjacent to an activating group) is 1. The van der Waals surface area contributed by atoms with Gasteiger partial charge in [-0.1, -0.05) is 180 Å². The normalized spacial score (nSPS) is 16.2. The fraction of sp³-hybridized carbons (Fsp3) is 0.936. The highest BCUT2D eigenvalue weighted by Gasteiger charge is 2.32. The van der Waals surface area contributed by atoms with Gasteiger partial charge in [0.15, 0.2) is 6.17 Å². The molecule has 1 aliphatic heterocycles. The second kappa shape index (κ2) is 35.5. The number of allylic oxidation sites excluding steroid dienone is 2. The van der Waals surface area contributed by atoms with Crippen LogP contribution < -0.4 is 5.11 Å². The van der Waals surface area contributed by atoms with E-state index in [4.69, 9.17) is 0 Å². The molecule has 53 heavy (non-hydrogen) atoms. The molecule has 0 aromatic carbocycles. The van der Waals surface area contributed by atoms with Gasteiger partial charge in [0.2, 0.25) is 0 Å². The van der Waals surface area contributed by atoms with E-state index in [1.807, 2.05) is 21.1 Å². The second-order valence-corrected chi connectivity index (χ2v) is 17.8. The zero-order chi connectivity index (χ0) is 38.7. The van der Waals surface area contributed by atoms with Crippen LogP contribution in [-0.2, 0) is 4.79 Å². The van der Waals surface area contributed by atoms with Crippen molar-refractivity contribution in [2.24, 2.45) is 0 Å². The Kier molecular flexibility index (Phi) is 33.5. The van der Waals surface area contributed by atoms with E-state index in [0.29, 0.717) is 4.48 Å². The Hall–Kier alpha value is -0.950. The highest BCUT2D eigenvalue weighted by Crippen LogP contribution is 2.16. The van der Waals surface area contributed by atoms with Gasteiger partial charge in [0, 0.05) is 39.3 Å². The van der Waals surface area contributed by atoms with Crippen molar-refractivity contribution in [2.45, 2.75) is 213 Å². The molecule has 0 radical (unpaired) electrons. The van der Waals surface area contributed by atoms with Gasteiger partial charge < -0.3 is 24.2 Å². The molecule has 1 heterocycles. The van der Waals surface area contributed by atoms with Crippen LogP contribution in [0.4, 0.5) is 0 Å². The Morgan fingerprint density at radius 1 is 0.472 bits per heavy atom. The molecular weight excluding hydrogens is 653 g/mol. The van der Waals surface area contributed by atoms with Gasteiger partial charge in [-0.15, -0.1) is 0 Å². The summed E-state index contributed by atoms with van der Waals surface area (Å²) in [7, 11) is 5.98. The van der Waals surface area contributed by atoms with E-state index < -0.39 is 12.1 Å². The van der Waals surface area contributed by atoms with Gasteiger partial charge in [-0.3, -0.25) is 0 Å². The van der Waals surface area contributed by atoms with Crippen molar-refractivity contribution in [1.29, 1.82) is 0 Å². The minimum atomic E-state index is -0.944. The van der Waals surface area contributed by atoms with Crippen LogP contribution in [0.3, 0.4) is 0 Å². The minimum Gasteiger partial charge on any atom is -0.543 e. The van der Waals surface area contributed by atoms with Gasteiger partial charge in [-0.25, -0.2) is 4.90 Å². The first-order valence-corrected chi connectivity index (χ1v) is 23.6. The number of hydrogen-bond donors (Lipinski definition) is 0. The van der Waals surface area contributed by atoms with Crippen molar-refractivity contribution in [1.82, 2.24) is 14.7 Å². The smallest absolute Gasteiger partial charge is 0.185 e. The molecule has 314 valence electrons. The van der Waals surface area contributed by atoms with Crippen molar-refractivity contribution < 1.29 is 14.4 Å². The van der Waals surface area contributed by atoms with Crippen LogP contribution in [0.25, 0.3) is 0 Å². The van der Waals surface area contributed by atoms with E-state index in [0.717, 1.165) is 52.4 Å². The number of unbranched alkanes of at least 4 members (excludes halogenated alkanes) is 27. The fourth-order valence-corrected chi connectivity index (χ4v) is 8.27. The van der Waals surface area contributed by atoms with E-state index >= 15 is 0 Å². The van der Waals surface area contributed by atoms with Crippen molar-refractivity contribution >= 4 is 5.97 Å². The maximum atomic E-state index is 12.4. The van der Waals surface area contributed by atoms with Gasteiger partial charge in [-0.2, -0.15) is 0 Å². The summed E-state index contributed by atoms with van der Waals surface area (Å²) in [5.74, 6) is -0.944. The topological polar surface area (TPSA) is 49.8 Å². The van der Waals surface area contributed by atoms with Gasteiger partial charge in [0.05, 0.1) is 21.1 Å². The third-order valence-corrected chi connectivity index (χ3v) is 11.7. The van der Waals surface area contributed by atoms with Gasteiger partial charge in [-0.05, 0) is 51.6 Å². The largest absolute Gasteiger partial charge is 0.543 e. The van der Waals surface area contributed by atoms with E-state index in [2.05, 4.69) is 40.7 Å². The van der Waals surface area contributed by atoms with Crippen molar-refractivity contribution in [3.05, 3.63) is 12.2 Å². The molecule has 6 heteroatoms. The first-order valence-electron chi connectivity index (χ1n) is 23.6. The maximum Gasteiger partial charge on any atom is 0.185 e. The summed E-state index contributed by atoms with van der Waals surface area (Å²) in [4.78, 5) is 19.8. The molecule has 0 aromatic heterocycles. The molecule has 1 unspecified atom stereocenters. The molecule has 0 spiro atoms. The number of carboxylic acids is 1. The monoisotopic (exact) mass is 747 g/mol. The lowest BCUT2D eigenvalue weighted by molar-refractivity contribution is -0.901. The van der Waals surface area contributed by atoms with E-state index in [9.17, 15) is 9.90 Å². The maximum absolute atomic E-state index is 12.4. The van der Waals surface area contributed by atoms with Crippen LogP contribution >= 0.6 is 0 Å². The number of rotatable bonds is 36. The molecule has 0 N–H and O–H groups in total. The number of hydrogen-bond acceptors (Lipinski definition) is 5. The Balaban J connectivity index is 2.32. The zero-order valence-electron chi connectivity index (χ0n) is 36.7. The Labute approximate surface area is 332 Å². The molecule has 1 aliphatic rings. The van der Waals surface area contributed by atoms with Crippen LogP contribution in [0, 0.1) is 0 Å². The molecule has 6 nitrogen and oxygen atoms in total. The average Bonchev–Trinajstić information content (AvgIpc) is 3.21. The molecule has 0 aliphatic carbocycles. The van der Waals surface area contributed by atoms with Gasteiger partial charge in [0.1, 0.15) is 5.97 Å². The van der Waals surface area contributed by atoms with Crippen LogP contribution in [0.1, 0.15) is 206 Å². The van der Waals surface area contributed by atoms with Gasteiger partial charge >= 0.3 is 0 Å². The Morgan fingerprint density at radius 2 is 0.755 bits per heavy atom. The molecule has 0 bridgehead atoms. The molecule has 0 amide bonds. The molecule has 1 rings (SSSR count). The quantitative estimate of drug-likeness (QED) is 0.0363. The summed E-state index contributed by atoms with van der Waals surface area (Å²) < 4.78 is 0.371. The standard InChI is InChI=1S/C47H94N4O2/c1-6-8-10-12-14-16-18-20-22-24-26-28-30-32-34-36-38-48-40-41-49(43-45-50(44-42-48)46(47(52)53)51(3,4)5)39-37-35-33-31-29-27-25-23-21-19-17-15-13-11-9-7-2/h20,22,46H,6-19,21,23-45H2,1-5H3/b22-20-. The molecule has 0 saturated carbocycles. The summed E-state index contributed by atoms with van der Waals surface area (Å²) in [5, 5.41) is 12.4. The highest BCUT2D eigenvalue weighted by molar-refractivity contribution is 5.69. The molecule has 1 saturated heterocycles. The SMILES string of the molecule is CCCCCCCC/C=C\CCCCCCCCN1CCN(CCCCCCCCCCCCCCCCCC)CCN(C(C(=O)[O-])[N+](C)(C)C)CC1. The average molecular weight is 747 g/mol. The summed E-state index contributed by atoms with van der Waals surface area (Å²) in [6.07, 6.45) is 45.4. The lowest BCUT2D eigenvalue weighted by Crippen LogP contribution is -2.64. The number of nitrogens with zero attached hydrogens (tertiary/aromatic N) is 4. The zero-order valence-corrected chi connectivity index (χ0v) is 36.7. The van der Waals surface area contributed by atoms with E-state index in [1.54, 1.807) is 0 Å². The predicted molar refractivity (Wildman–Crippen MR) is 230 cm³/mol. The van der Waals surface area contributed by atoms with E-state index in [-0.39, 0.29) is 0 Å². The molecule has 1 fully saturated rings. The third kappa shape index (κ3) is 29.9. The lowest BCUT2D eigenvalue weighted by atomic mass is 10.0. The van der Waals surface area contributed by atoms with E-state index in [1.165, 1.54) is 193 Å². The van der Waals surface area contributed by atoms with Crippen molar-refractivity contribution in [3.8, 4) is 0 Å². The molecule has 0 aromatic rings. The number of aliphatic carboxylic acids is 1. The van der Waals surface area contributed by atoms with Crippen LogP contribution in [0.2, 0.25) is 0 Å². The van der Waals surface area contributed by atoms with Crippen LogP contribution in [0.15, 0.2) is 12.2 Å². The summed E-state index contributed by atoms with van der Waals surface area (Å²) in [6.45, 7) is 12.5. The lowest BCUT2D eigenvalue weighted by Gasteiger charge is -2.42. The first kappa shape index (κ1) is 50.1. The Bertz CT molecular complexity index is 828. The Morgan fingerprint density at radius 3 is 1.06 bits per heavy atom. The number of carbonyl (C=O) groups is 1. The summed E-state index contributed by atoms with van der Waals surface area (Å²) >= 11 is 0. The predicted octanol–water partition coefficient (Wildman–Crippen LogP) is 11.0. The first-order chi connectivity index (χ1) is 25.8. The fourth-order valence-electron chi connectivity index (χ4n) is 8.27. The molecule has 1 atom stereocenters. The van der Waals surface area contributed by atoms with Crippen molar-refractivity contribution in [2.75, 3.05) is 73.5 Å². The second-order valence-electron chi connectivity index (χ2n) is 17.8. The third-order valence-electron chi connectivity index (χ3n) is 11.7. The number of carboxylic acid groups (broad SMARTS) is 1. The van der Waals surface area contributed by atoms with Gasteiger partial charge in [0.25, 0.3) is 0 Å². The highest BCUT2D eigenvalue weighted by atomic mass is 16.4.